The van der Waals surface area contributed by atoms with E-state index in [1.54, 1.807) is 11.0 Å². The van der Waals surface area contributed by atoms with E-state index in [0.717, 1.165) is 32.6 Å². The van der Waals surface area contributed by atoms with Gasteiger partial charge < -0.3 is 39.4 Å². The van der Waals surface area contributed by atoms with E-state index in [1.807, 2.05) is 0 Å². The van der Waals surface area contributed by atoms with Crippen molar-refractivity contribution in [2.24, 2.45) is 5.41 Å². The van der Waals surface area contributed by atoms with Crippen molar-refractivity contribution < 1.29 is 42.3 Å². The van der Waals surface area contributed by atoms with Crippen LogP contribution in [0.1, 0.15) is 44.9 Å². The Bertz CT molecular complexity index is 1850. The van der Waals surface area contributed by atoms with E-state index in [4.69, 9.17) is 18.9 Å². The number of ether oxygens (including phenoxy) is 4. The molecule has 14 heteroatoms. The van der Waals surface area contributed by atoms with Gasteiger partial charge in [0, 0.05) is 48.7 Å². The van der Waals surface area contributed by atoms with Gasteiger partial charge in [-0.3, -0.25) is 0 Å². The van der Waals surface area contributed by atoms with Crippen LogP contribution in [0.5, 0.6) is 17.6 Å². The number of phenols is 1. The van der Waals surface area contributed by atoms with Crippen LogP contribution in [0.2, 0.25) is 0 Å². The zero-order valence-electron chi connectivity index (χ0n) is 28.7. The maximum atomic E-state index is 16.8. The number of aliphatic hydroxyl groups excluding tert-OH is 1. The Morgan fingerprint density at radius 2 is 1.86 bits per heavy atom. The molecule has 1 saturated carbocycles. The molecule has 0 radical (unpaired) electrons. The number of nitrogens with zero attached hydrogens (tertiary/aromatic N) is 4. The van der Waals surface area contributed by atoms with Gasteiger partial charge in [-0.25, -0.2) is 18.2 Å². The summed E-state index contributed by atoms with van der Waals surface area (Å²) < 4.78 is 69.2. The number of halogens is 3. The van der Waals surface area contributed by atoms with Crippen molar-refractivity contribution in [3.05, 3.63) is 42.0 Å². The van der Waals surface area contributed by atoms with E-state index in [0.29, 0.717) is 24.8 Å². The lowest BCUT2D eigenvalue weighted by atomic mass is 9.76. The van der Waals surface area contributed by atoms with Crippen molar-refractivity contribution >= 4 is 27.5 Å². The molecule has 0 bridgehead atoms. The molecule has 1 aliphatic carbocycles. The predicted molar refractivity (Wildman–Crippen MR) is 185 cm³/mol. The van der Waals surface area contributed by atoms with E-state index in [-0.39, 0.29) is 83.4 Å². The topological polar surface area (TPSA) is 131 Å². The van der Waals surface area contributed by atoms with Crippen LogP contribution in [0.3, 0.4) is 0 Å². The van der Waals surface area contributed by atoms with E-state index in [2.05, 4.69) is 20.3 Å². The first-order valence-corrected chi connectivity index (χ1v) is 17.7. The van der Waals surface area contributed by atoms with Crippen molar-refractivity contribution in [3.8, 4) is 28.9 Å². The maximum absolute atomic E-state index is 16.8. The molecule has 3 saturated heterocycles. The minimum absolute atomic E-state index is 0.0111. The molecule has 4 fully saturated rings. The predicted octanol–water partition coefficient (Wildman–Crippen LogP) is 5.47. The first-order chi connectivity index (χ1) is 24.8. The zero-order chi connectivity index (χ0) is 35.5. The van der Waals surface area contributed by atoms with E-state index < -0.39 is 29.3 Å². The number of piperidine rings is 1. The van der Waals surface area contributed by atoms with Gasteiger partial charge in [0.15, 0.2) is 5.82 Å². The number of alkyl halides is 1. The summed E-state index contributed by atoms with van der Waals surface area (Å²) in [5.41, 5.74) is -0.932. The molecule has 8 rings (SSSR count). The smallest absolute Gasteiger partial charge is 0.319 e. The van der Waals surface area contributed by atoms with E-state index in [9.17, 15) is 14.6 Å². The highest BCUT2D eigenvalue weighted by Gasteiger charge is 2.50. The van der Waals surface area contributed by atoms with Gasteiger partial charge in [0.25, 0.3) is 0 Å². The minimum Gasteiger partial charge on any atom is -0.508 e. The highest BCUT2D eigenvalue weighted by molar-refractivity contribution is 6.02. The molecule has 5 heterocycles. The highest BCUT2D eigenvalue weighted by atomic mass is 19.1. The number of anilines is 1. The number of phenolic OH excluding ortho intramolecular Hbond substituents is 1. The monoisotopic (exact) mass is 711 g/mol. The summed E-state index contributed by atoms with van der Waals surface area (Å²) in [4.78, 5) is 15.3. The quantitative estimate of drug-likeness (QED) is 0.235. The highest BCUT2D eigenvalue weighted by Crippen LogP contribution is 2.46. The van der Waals surface area contributed by atoms with Crippen LogP contribution in [-0.4, -0.2) is 103 Å². The van der Waals surface area contributed by atoms with Crippen LogP contribution in [0.15, 0.2) is 30.3 Å². The molecule has 4 unspecified atom stereocenters. The van der Waals surface area contributed by atoms with Gasteiger partial charge in [-0.2, -0.15) is 9.97 Å². The third-order valence-corrected chi connectivity index (χ3v) is 10.3. The number of aromatic hydroxyl groups is 1. The lowest BCUT2D eigenvalue weighted by Gasteiger charge is -2.40. The number of β-amino-alcohol motifs (C(OH)–C–C–N with tert-alkyl or cyclic N) is 1. The van der Waals surface area contributed by atoms with Gasteiger partial charge >= 0.3 is 6.01 Å². The van der Waals surface area contributed by atoms with Crippen molar-refractivity contribution in [2.45, 2.75) is 63.3 Å². The summed E-state index contributed by atoms with van der Waals surface area (Å²) in [6, 6.07) is 6.48. The normalized spacial score (nSPS) is 25.2. The molecule has 274 valence electrons. The Hall–Kier alpha value is -3.98. The summed E-state index contributed by atoms with van der Waals surface area (Å²) in [6.07, 6.45) is 4.79. The number of nitrogens with one attached hydrogen (secondary N) is 1. The summed E-state index contributed by atoms with van der Waals surface area (Å²) in [7, 11) is 1.36. The molecule has 11 nitrogen and oxygen atoms in total. The molecule has 4 aromatic rings. The molecule has 51 heavy (non-hydrogen) atoms. The molecule has 3 N–H and O–H groups in total. The SMILES string of the molecule is C1CCOCC1.COc1nc(-c2cc(O)cc3cccc(F)c23)c(F)c2nc(OCC34CCCNC3C(F)CC4)nc(N3CCOCC(O)C3)c12. The maximum Gasteiger partial charge on any atom is 0.319 e. The molecular formula is C37H44F3N5O6. The Morgan fingerprint density at radius 3 is 2.63 bits per heavy atom. The molecule has 2 aromatic carbocycles. The number of fused-ring (bicyclic) bond motifs is 3. The average Bonchev–Trinajstić information content (AvgIpc) is 3.32. The standard InChI is InChI=1S/C32H34F3N5O5.C5H10O/c1-43-30-24-27(25(35)26(37-30)20-13-18(41)12-17-4-2-5-21(33)23(17)20)38-31(39-29(24)40-10-11-44-15-19(42)14-40)45-16-32-7-3-9-36-28(32)22(34)6-8-32;1-2-4-6-5-3-1/h2,4-5,12-13,19,22,28,36,41-42H,3,6-11,14-16H2,1H3;1-5H2. The number of aliphatic hydroxyl groups is 1. The summed E-state index contributed by atoms with van der Waals surface area (Å²) >= 11 is 0. The van der Waals surface area contributed by atoms with Crippen LogP contribution in [0.25, 0.3) is 32.9 Å². The van der Waals surface area contributed by atoms with E-state index in [1.165, 1.54) is 50.6 Å². The first kappa shape index (κ1) is 35.4. The van der Waals surface area contributed by atoms with E-state index >= 15 is 8.78 Å². The van der Waals surface area contributed by atoms with Gasteiger partial charge in [-0.05, 0) is 75.1 Å². The fraction of sp³-hybridized carbons (Fsp3) is 0.541. The molecule has 3 aliphatic heterocycles. The lowest BCUT2D eigenvalue weighted by molar-refractivity contribution is 0.0596. The molecule has 2 aromatic heterocycles. The molecule has 0 spiro atoms. The van der Waals surface area contributed by atoms with Crippen molar-refractivity contribution in [1.82, 2.24) is 20.3 Å². The number of hydrogen-bond donors (Lipinski definition) is 3. The van der Waals surface area contributed by atoms with Crippen LogP contribution in [-0.2, 0) is 9.47 Å². The van der Waals surface area contributed by atoms with Gasteiger partial charge in [0.1, 0.15) is 40.2 Å². The van der Waals surface area contributed by atoms with Gasteiger partial charge in [0.05, 0.1) is 33.0 Å². The summed E-state index contributed by atoms with van der Waals surface area (Å²) in [6.45, 7) is 3.69. The molecule has 4 aliphatic rings. The third kappa shape index (κ3) is 7.24. The van der Waals surface area contributed by atoms with Crippen LogP contribution < -0.4 is 19.7 Å². The number of methoxy groups -OCH3 is 1. The van der Waals surface area contributed by atoms with Crippen LogP contribution >= 0.6 is 0 Å². The van der Waals surface area contributed by atoms with Crippen molar-refractivity contribution in [2.75, 3.05) is 64.7 Å². The average molecular weight is 712 g/mol. The van der Waals surface area contributed by atoms with Gasteiger partial charge in [-0.1, -0.05) is 12.1 Å². The first-order valence-electron chi connectivity index (χ1n) is 17.7. The number of hydrogen-bond acceptors (Lipinski definition) is 11. The van der Waals surface area contributed by atoms with Gasteiger partial charge in [-0.15, -0.1) is 0 Å². The Labute approximate surface area is 294 Å². The zero-order valence-corrected chi connectivity index (χ0v) is 28.7. The number of pyridine rings is 1. The fourth-order valence-corrected chi connectivity index (χ4v) is 7.84. The fourth-order valence-electron chi connectivity index (χ4n) is 7.84. The summed E-state index contributed by atoms with van der Waals surface area (Å²) in [5.74, 6) is -1.55. The van der Waals surface area contributed by atoms with Crippen LogP contribution in [0, 0.1) is 17.0 Å². The Kier molecular flexibility index (Phi) is 10.6. The second-order valence-electron chi connectivity index (χ2n) is 13.8. The van der Waals surface area contributed by atoms with Crippen molar-refractivity contribution in [1.29, 1.82) is 0 Å². The Morgan fingerprint density at radius 1 is 1.02 bits per heavy atom. The second kappa shape index (κ2) is 15.3. The van der Waals surface area contributed by atoms with Crippen molar-refractivity contribution in [3.63, 3.8) is 0 Å². The Balaban J connectivity index is 0.000000615. The molecule has 0 amide bonds. The lowest BCUT2D eigenvalue weighted by Crippen LogP contribution is -2.52. The number of aromatic nitrogens is 3. The van der Waals surface area contributed by atoms with Crippen LogP contribution in [0.4, 0.5) is 19.0 Å². The largest absolute Gasteiger partial charge is 0.508 e. The second-order valence-corrected chi connectivity index (χ2v) is 13.8. The summed E-state index contributed by atoms with van der Waals surface area (Å²) in [5, 5.41) is 24.8. The molecule has 4 atom stereocenters. The third-order valence-electron chi connectivity index (χ3n) is 10.3. The number of benzene rings is 2. The van der Waals surface area contributed by atoms with Gasteiger partial charge in [0.2, 0.25) is 5.88 Å². The molecular weight excluding hydrogens is 667 g/mol. The number of rotatable bonds is 6. The minimum atomic E-state index is -0.992.